The van der Waals surface area contributed by atoms with E-state index in [1.165, 1.54) is 23.1 Å². The molecule has 1 aromatic rings. The van der Waals surface area contributed by atoms with Crippen LogP contribution in [0.2, 0.25) is 5.02 Å². The number of allylic oxidation sites excluding steroid dienone is 3. The summed E-state index contributed by atoms with van der Waals surface area (Å²) in [5.41, 5.74) is 0.675. The molecule has 0 amide bonds. The molecule has 0 N–H and O–H groups in total. The van der Waals surface area contributed by atoms with Crippen LogP contribution in [0.4, 0.5) is 13.2 Å². The van der Waals surface area contributed by atoms with E-state index < -0.39 is 18.8 Å². The first kappa shape index (κ1) is 19.0. The van der Waals surface area contributed by atoms with Gasteiger partial charge in [-0.1, -0.05) is 40.0 Å². The largest absolute Gasteiger partial charge is 0.369 e. The van der Waals surface area contributed by atoms with Crippen LogP contribution >= 0.6 is 27.5 Å². The fourth-order valence-electron chi connectivity index (χ4n) is 1.80. The standard InChI is InChI=1S/C14H9BrClF3N.Y/c1-8-11(15)4-5-13(20(8)7-14(18)19)10-3-2-9(16)6-12(10)17;/h2-4,6,14H,1,7H2;/q-1;. The summed E-state index contributed by atoms with van der Waals surface area (Å²) in [6.07, 6.45) is 1.72. The quantitative estimate of drug-likeness (QED) is 0.584. The van der Waals surface area contributed by atoms with Crippen molar-refractivity contribution in [1.82, 2.24) is 4.90 Å². The fraction of sp³-hybridized carbons (Fsp3) is 0.143. The van der Waals surface area contributed by atoms with Crippen molar-refractivity contribution in [2.75, 3.05) is 6.54 Å². The minimum absolute atomic E-state index is 0. The number of benzene rings is 1. The molecule has 0 bridgehead atoms. The van der Waals surface area contributed by atoms with Crippen molar-refractivity contribution in [3.8, 4) is 0 Å². The molecule has 1 nitrogen and oxygen atoms in total. The zero-order chi connectivity index (χ0) is 14.9. The van der Waals surface area contributed by atoms with E-state index in [0.29, 0.717) is 10.2 Å². The third kappa shape index (κ3) is 4.44. The van der Waals surface area contributed by atoms with Crippen molar-refractivity contribution in [1.29, 1.82) is 0 Å². The number of hydrogen-bond donors (Lipinski definition) is 0. The molecule has 1 aliphatic rings. The Labute approximate surface area is 159 Å². The Kier molecular flexibility index (Phi) is 7.18. The van der Waals surface area contributed by atoms with Gasteiger partial charge >= 0.3 is 0 Å². The second kappa shape index (κ2) is 7.95. The van der Waals surface area contributed by atoms with Crippen LogP contribution in [-0.4, -0.2) is 17.9 Å². The number of rotatable bonds is 3. The third-order valence-corrected chi connectivity index (χ3v) is 3.64. The average Bonchev–Trinajstić information content (AvgIpc) is 2.36. The second-order valence-electron chi connectivity index (χ2n) is 4.06. The normalized spacial score (nSPS) is 14.8. The minimum Gasteiger partial charge on any atom is -0.369 e. The van der Waals surface area contributed by atoms with Crippen molar-refractivity contribution >= 4 is 33.2 Å². The van der Waals surface area contributed by atoms with Gasteiger partial charge in [0.25, 0.3) is 6.43 Å². The van der Waals surface area contributed by atoms with E-state index >= 15 is 0 Å². The molecule has 109 valence electrons. The predicted molar refractivity (Wildman–Crippen MR) is 76.9 cm³/mol. The molecule has 0 aliphatic carbocycles. The number of alkyl halides is 2. The Morgan fingerprint density at radius 2 is 2.05 bits per heavy atom. The summed E-state index contributed by atoms with van der Waals surface area (Å²) >= 11 is 8.89. The summed E-state index contributed by atoms with van der Waals surface area (Å²) in [5.74, 6) is -0.599. The van der Waals surface area contributed by atoms with Crippen molar-refractivity contribution in [2.24, 2.45) is 0 Å². The first-order valence-electron chi connectivity index (χ1n) is 5.59. The van der Waals surface area contributed by atoms with Crippen molar-refractivity contribution in [2.45, 2.75) is 6.43 Å². The summed E-state index contributed by atoms with van der Waals surface area (Å²) in [6, 6.07) is 4.05. The van der Waals surface area contributed by atoms with Crippen molar-refractivity contribution in [3.05, 3.63) is 63.5 Å². The van der Waals surface area contributed by atoms with Crippen LogP contribution < -0.4 is 0 Å². The minimum atomic E-state index is -2.59. The van der Waals surface area contributed by atoms with E-state index in [2.05, 4.69) is 28.6 Å². The molecule has 2 rings (SSSR count). The number of halogens is 5. The predicted octanol–water partition coefficient (Wildman–Crippen LogP) is 4.99. The first-order chi connectivity index (χ1) is 9.40. The molecule has 0 aromatic heterocycles. The fourth-order valence-corrected chi connectivity index (χ4v) is 2.29. The van der Waals surface area contributed by atoms with Crippen LogP contribution in [-0.2, 0) is 32.7 Å². The Morgan fingerprint density at radius 3 is 2.62 bits per heavy atom. The van der Waals surface area contributed by atoms with Gasteiger partial charge in [0.2, 0.25) is 0 Å². The molecule has 0 atom stereocenters. The maximum absolute atomic E-state index is 13.9. The van der Waals surface area contributed by atoms with E-state index in [9.17, 15) is 13.2 Å². The van der Waals surface area contributed by atoms with E-state index in [1.54, 1.807) is 0 Å². The second-order valence-corrected chi connectivity index (χ2v) is 5.35. The van der Waals surface area contributed by atoms with E-state index in [0.717, 1.165) is 6.07 Å². The SMILES string of the molecule is C=C1C(Br)=C[C-]=C(c2ccc(Cl)cc2F)N1CC(F)F.[Y]. The molecule has 0 saturated carbocycles. The Morgan fingerprint density at radius 1 is 1.38 bits per heavy atom. The van der Waals surface area contributed by atoms with Gasteiger partial charge in [0.05, 0.1) is 12.4 Å². The molecule has 0 spiro atoms. The molecule has 0 fully saturated rings. The Bertz CT molecular complexity index is 616. The molecule has 1 aliphatic heterocycles. The van der Waals surface area contributed by atoms with Crippen molar-refractivity contribution < 1.29 is 45.9 Å². The van der Waals surface area contributed by atoms with Gasteiger partial charge in [-0.25, -0.2) is 13.2 Å². The average molecular weight is 452 g/mol. The Balaban J connectivity index is 0.00000220. The monoisotopic (exact) mass is 451 g/mol. The van der Waals surface area contributed by atoms with Crippen LogP contribution in [0.25, 0.3) is 5.70 Å². The molecule has 7 heteroatoms. The molecule has 0 unspecified atom stereocenters. The topological polar surface area (TPSA) is 3.24 Å². The van der Waals surface area contributed by atoms with Crippen LogP contribution in [0.5, 0.6) is 0 Å². The van der Waals surface area contributed by atoms with Gasteiger partial charge in [-0.15, -0.1) is 22.0 Å². The summed E-state index contributed by atoms with van der Waals surface area (Å²) in [7, 11) is 0. The summed E-state index contributed by atoms with van der Waals surface area (Å²) < 4.78 is 39.9. The van der Waals surface area contributed by atoms with Crippen LogP contribution in [0.1, 0.15) is 5.56 Å². The summed E-state index contributed by atoms with van der Waals surface area (Å²) in [6.45, 7) is 3.13. The van der Waals surface area contributed by atoms with Gasteiger partial charge in [0.15, 0.2) is 0 Å². The summed E-state index contributed by atoms with van der Waals surface area (Å²) in [5, 5.41) is 0.235. The molecule has 21 heavy (non-hydrogen) atoms. The van der Waals surface area contributed by atoms with Gasteiger partial charge < -0.3 is 4.90 Å². The van der Waals surface area contributed by atoms with Crippen LogP contribution in [0.15, 0.2) is 41.0 Å². The maximum atomic E-state index is 13.9. The zero-order valence-electron chi connectivity index (χ0n) is 10.7. The van der Waals surface area contributed by atoms with Gasteiger partial charge in [0.1, 0.15) is 0 Å². The van der Waals surface area contributed by atoms with Gasteiger partial charge in [-0.05, 0) is 11.8 Å². The van der Waals surface area contributed by atoms with Crippen LogP contribution in [0, 0.1) is 11.9 Å². The third-order valence-electron chi connectivity index (χ3n) is 2.71. The van der Waals surface area contributed by atoms with Gasteiger partial charge in [-0.3, -0.25) is 0 Å². The zero-order valence-corrected chi connectivity index (χ0v) is 15.9. The smallest absolute Gasteiger partial charge is 0.256 e. The molecule has 1 aromatic carbocycles. The van der Waals surface area contributed by atoms with Crippen molar-refractivity contribution in [3.63, 3.8) is 0 Å². The summed E-state index contributed by atoms with van der Waals surface area (Å²) in [4.78, 5) is 1.22. The molecular weight excluding hydrogens is 443 g/mol. The van der Waals surface area contributed by atoms with Gasteiger partial charge in [0, 0.05) is 37.7 Å². The first-order valence-corrected chi connectivity index (χ1v) is 6.76. The van der Waals surface area contributed by atoms with E-state index in [-0.39, 0.29) is 49.0 Å². The van der Waals surface area contributed by atoms with Crippen LogP contribution in [0.3, 0.4) is 0 Å². The molecule has 1 heterocycles. The van der Waals surface area contributed by atoms with E-state index in [4.69, 9.17) is 11.6 Å². The van der Waals surface area contributed by atoms with E-state index in [1.807, 2.05) is 0 Å². The molecular formula is C14H9BrClF3NY-. The van der Waals surface area contributed by atoms with Gasteiger partial charge in [-0.2, -0.15) is 12.2 Å². The number of hydrogen-bond acceptors (Lipinski definition) is 1. The molecule has 1 radical (unpaired) electrons. The number of nitrogens with zero attached hydrogens (tertiary/aromatic N) is 1. The Hall–Kier alpha value is -0.0961. The maximum Gasteiger partial charge on any atom is 0.256 e. The molecule has 0 saturated heterocycles.